The van der Waals surface area contributed by atoms with Crippen LogP contribution in [-0.2, 0) is 0 Å². The molecule has 2 aliphatic heterocycles. The summed E-state index contributed by atoms with van der Waals surface area (Å²) in [6.45, 7) is 13.5. The molecule has 2 saturated heterocycles. The maximum Gasteiger partial charge on any atom is 0.0798 e. The molecule has 0 bridgehead atoms. The average molecular weight is 282 g/mol. The third-order valence-corrected chi connectivity index (χ3v) is 5.42. The molecule has 0 aromatic carbocycles. The SMILES string of the molecule is CCCN1CCC(O)(CN2CCC(C(C)C)CC2)CC1. The van der Waals surface area contributed by atoms with Gasteiger partial charge in [0.1, 0.15) is 0 Å². The van der Waals surface area contributed by atoms with E-state index in [-0.39, 0.29) is 0 Å². The van der Waals surface area contributed by atoms with Crippen molar-refractivity contribution >= 4 is 0 Å². The molecule has 2 heterocycles. The second kappa shape index (κ2) is 7.24. The molecule has 0 spiro atoms. The van der Waals surface area contributed by atoms with Crippen LogP contribution in [0.25, 0.3) is 0 Å². The number of hydrogen-bond donors (Lipinski definition) is 1. The number of likely N-dealkylation sites (tertiary alicyclic amines) is 2. The van der Waals surface area contributed by atoms with Crippen molar-refractivity contribution in [3.63, 3.8) is 0 Å². The summed E-state index contributed by atoms with van der Waals surface area (Å²) in [6, 6.07) is 0. The quantitative estimate of drug-likeness (QED) is 0.839. The van der Waals surface area contributed by atoms with Crippen LogP contribution in [0.2, 0.25) is 0 Å². The van der Waals surface area contributed by atoms with Crippen molar-refractivity contribution in [2.75, 3.05) is 39.3 Å². The molecule has 2 rings (SSSR count). The summed E-state index contributed by atoms with van der Waals surface area (Å²) < 4.78 is 0. The van der Waals surface area contributed by atoms with Crippen molar-refractivity contribution in [1.29, 1.82) is 0 Å². The highest BCUT2D eigenvalue weighted by atomic mass is 16.3. The van der Waals surface area contributed by atoms with Gasteiger partial charge in [-0.3, -0.25) is 0 Å². The molecule has 20 heavy (non-hydrogen) atoms. The van der Waals surface area contributed by atoms with Gasteiger partial charge in [0.2, 0.25) is 0 Å². The molecule has 0 aromatic rings. The van der Waals surface area contributed by atoms with Crippen molar-refractivity contribution in [2.45, 2.75) is 58.5 Å². The lowest BCUT2D eigenvalue weighted by atomic mass is 9.85. The molecule has 3 nitrogen and oxygen atoms in total. The minimum absolute atomic E-state index is 0.422. The zero-order chi connectivity index (χ0) is 14.6. The van der Waals surface area contributed by atoms with Crippen LogP contribution in [0.3, 0.4) is 0 Å². The zero-order valence-electron chi connectivity index (χ0n) is 13.8. The summed E-state index contributed by atoms with van der Waals surface area (Å²) in [4.78, 5) is 5.01. The lowest BCUT2D eigenvalue weighted by molar-refractivity contribution is -0.0512. The summed E-state index contributed by atoms with van der Waals surface area (Å²) in [5, 5.41) is 10.8. The molecule has 0 aromatic heterocycles. The molecule has 0 unspecified atom stereocenters. The molecule has 1 N–H and O–H groups in total. The van der Waals surface area contributed by atoms with Crippen molar-refractivity contribution in [1.82, 2.24) is 9.80 Å². The molecule has 0 aliphatic carbocycles. The largest absolute Gasteiger partial charge is 0.388 e. The first-order valence-corrected chi connectivity index (χ1v) is 8.69. The van der Waals surface area contributed by atoms with Crippen molar-refractivity contribution < 1.29 is 5.11 Å². The molecule has 118 valence electrons. The molecule has 0 saturated carbocycles. The van der Waals surface area contributed by atoms with Crippen LogP contribution >= 0.6 is 0 Å². The first-order valence-electron chi connectivity index (χ1n) is 8.69. The first-order chi connectivity index (χ1) is 9.52. The summed E-state index contributed by atoms with van der Waals surface area (Å²) in [7, 11) is 0. The third-order valence-electron chi connectivity index (χ3n) is 5.42. The van der Waals surface area contributed by atoms with Crippen LogP contribution in [0.4, 0.5) is 0 Å². The Morgan fingerprint density at radius 2 is 1.65 bits per heavy atom. The Morgan fingerprint density at radius 3 is 2.15 bits per heavy atom. The fourth-order valence-corrected chi connectivity index (χ4v) is 3.86. The minimum atomic E-state index is -0.422. The third kappa shape index (κ3) is 4.44. The molecule has 3 heteroatoms. The van der Waals surface area contributed by atoms with E-state index in [1.165, 1.54) is 38.9 Å². The topological polar surface area (TPSA) is 26.7 Å². The number of hydrogen-bond acceptors (Lipinski definition) is 3. The van der Waals surface area contributed by atoms with Gasteiger partial charge >= 0.3 is 0 Å². The second-order valence-electron chi connectivity index (χ2n) is 7.42. The van der Waals surface area contributed by atoms with Crippen LogP contribution in [-0.4, -0.2) is 59.8 Å². The lowest BCUT2D eigenvalue weighted by Gasteiger charge is -2.43. The number of aliphatic hydroxyl groups is 1. The highest BCUT2D eigenvalue weighted by Crippen LogP contribution is 2.28. The number of rotatable bonds is 5. The molecule has 0 radical (unpaired) electrons. The summed E-state index contributed by atoms with van der Waals surface area (Å²) in [5.41, 5.74) is -0.422. The summed E-state index contributed by atoms with van der Waals surface area (Å²) >= 11 is 0. The van der Waals surface area contributed by atoms with Gasteiger partial charge in [0.05, 0.1) is 5.60 Å². The van der Waals surface area contributed by atoms with Gasteiger partial charge in [0.15, 0.2) is 0 Å². The lowest BCUT2D eigenvalue weighted by Crippen LogP contribution is -2.52. The van der Waals surface area contributed by atoms with E-state index < -0.39 is 5.60 Å². The van der Waals surface area contributed by atoms with Crippen molar-refractivity contribution in [3.8, 4) is 0 Å². The molecule has 2 aliphatic rings. The normalized spacial score (nSPS) is 26.2. The van der Waals surface area contributed by atoms with Gasteiger partial charge in [0.25, 0.3) is 0 Å². The molecular formula is C17H34N2O. The minimum Gasteiger partial charge on any atom is -0.388 e. The Kier molecular flexibility index (Phi) is 5.88. The Hall–Kier alpha value is -0.120. The Bertz CT molecular complexity index is 277. The Labute approximate surface area is 125 Å². The van der Waals surface area contributed by atoms with E-state index in [0.717, 1.165) is 44.3 Å². The van der Waals surface area contributed by atoms with Gasteiger partial charge in [-0.05, 0) is 63.6 Å². The maximum absolute atomic E-state index is 10.8. The van der Waals surface area contributed by atoms with Crippen molar-refractivity contribution in [2.24, 2.45) is 11.8 Å². The molecule has 0 atom stereocenters. The molecule has 2 fully saturated rings. The monoisotopic (exact) mass is 282 g/mol. The predicted molar refractivity (Wildman–Crippen MR) is 84.9 cm³/mol. The average Bonchev–Trinajstić information content (AvgIpc) is 2.42. The zero-order valence-corrected chi connectivity index (χ0v) is 13.8. The number of nitrogens with zero attached hydrogens (tertiary/aromatic N) is 2. The van der Waals surface area contributed by atoms with Crippen LogP contribution in [0, 0.1) is 11.8 Å². The van der Waals surface area contributed by atoms with Crippen molar-refractivity contribution in [3.05, 3.63) is 0 Å². The van der Waals surface area contributed by atoms with Gasteiger partial charge in [-0.1, -0.05) is 20.8 Å². The second-order valence-corrected chi connectivity index (χ2v) is 7.42. The highest BCUT2D eigenvalue weighted by molar-refractivity contribution is 4.89. The summed E-state index contributed by atoms with van der Waals surface area (Å²) in [5.74, 6) is 1.71. The summed E-state index contributed by atoms with van der Waals surface area (Å²) in [6.07, 6.45) is 5.76. The standard InChI is InChI=1S/C17H34N2O/c1-4-9-18-12-7-17(20,8-13-18)14-19-10-5-16(6-11-19)15(2)3/h15-16,20H,4-14H2,1-3H3. The van der Waals surface area contributed by atoms with E-state index in [2.05, 4.69) is 30.6 Å². The van der Waals surface area contributed by atoms with Crippen LogP contribution in [0.15, 0.2) is 0 Å². The van der Waals surface area contributed by atoms with E-state index in [1.54, 1.807) is 0 Å². The number of piperidine rings is 2. The Morgan fingerprint density at radius 1 is 1.05 bits per heavy atom. The molecule has 0 amide bonds. The van der Waals surface area contributed by atoms with Crippen LogP contribution in [0.1, 0.15) is 52.9 Å². The first kappa shape index (κ1) is 16.3. The van der Waals surface area contributed by atoms with E-state index in [9.17, 15) is 5.11 Å². The van der Waals surface area contributed by atoms with E-state index >= 15 is 0 Å². The van der Waals surface area contributed by atoms with Crippen LogP contribution in [0.5, 0.6) is 0 Å². The maximum atomic E-state index is 10.8. The van der Waals surface area contributed by atoms with Gasteiger partial charge in [0, 0.05) is 19.6 Å². The molecular weight excluding hydrogens is 248 g/mol. The smallest absolute Gasteiger partial charge is 0.0798 e. The fraction of sp³-hybridized carbons (Fsp3) is 1.00. The van der Waals surface area contributed by atoms with Gasteiger partial charge < -0.3 is 14.9 Å². The Balaban J connectivity index is 1.74. The van der Waals surface area contributed by atoms with Gasteiger partial charge in [-0.15, -0.1) is 0 Å². The van der Waals surface area contributed by atoms with Crippen LogP contribution < -0.4 is 0 Å². The fourth-order valence-electron chi connectivity index (χ4n) is 3.86. The van der Waals surface area contributed by atoms with E-state index in [0.29, 0.717) is 0 Å². The van der Waals surface area contributed by atoms with E-state index in [1.807, 2.05) is 0 Å². The number of β-amino-alcohol motifs (C(OH)–C–C–N with tert-alkyl or cyclic N) is 1. The predicted octanol–water partition coefficient (Wildman–Crippen LogP) is 2.59. The van der Waals surface area contributed by atoms with E-state index in [4.69, 9.17) is 0 Å². The van der Waals surface area contributed by atoms with Gasteiger partial charge in [-0.2, -0.15) is 0 Å². The van der Waals surface area contributed by atoms with Gasteiger partial charge in [-0.25, -0.2) is 0 Å². The highest BCUT2D eigenvalue weighted by Gasteiger charge is 2.34.